The Morgan fingerprint density at radius 2 is 1.90 bits per heavy atom. The summed E-state index contributed by atoms with van der Waals surface area (Å²) in [6.07, 6.45) is -4.39. The largest absolute Gasteiger partial charge is 0.416 e. The van der Waals surface area contributed by atoms with Gasteiger partial charge in [-0.25, -0.2) is 0 Å². The Bertz CT molecular complexity index is 491. The first kappa shape index (κ1) is 16.2. The molecule has 1 rings (SSSR count). The van der Waals surface area contributed by atoms with Gasteiger partial charge in [-0.1, -0.05) is 6.07 Å². The molecule has 0 fully saturated rings. The van der Waals surface area contributed by atoms with E-state index in [-0.39, 0.29) is 16.7 Å². The maximum absolute atomic E-state index is 12.5. The van der Waals surface area contributed by atoms with Gasteiger partial charge in [-0.3, -0.25) is 4.79 Å². The van der Waals surface area contributed by atoms with Gasteiger partial charge in [0.15, 0.2) is 5.11 Å². The Hall–Kier alpha value is -1.83. The van der Waals surface area contributed by atoms with Crippen LogP contribution in [0.4, 0.5) is 18.9 Å². The smallest absolute Gasteiger partial charge is 0.361 e. The number of carbonyl (C=O) groups excluding carboxylic acids is 1. The number of amides is 1. The molecular weight excluding hydrogens is 291 g/mol. The fraction of sp³-hybridized carbons (Fsp3) is 0.333. The van der Waals surface area contributed by atoms with Crippen molar-refractivity contribution >= 4 is 28.9 Å². The van der Waals surface area contributed by atoms with Crippen molar-refractivity contribution in [2.24, 2.45) is 0 Å². The zero-order valence-electron chi connectivity index (χ0n) is 10.7. The lowest BCUT2D eigenvalue weighted by molar-refractivity contribution is -0.137. The van der Waals surface area contributed by atoms with Crippen molar-refractivity contribution in [3.63, 3.8) is 0 Å². The quantitative estimate of drug-likeness (QED) is 0.589. The van der Waals surface area contributed by atoms with Crippen molar-refractivity contribution in [2.75, 3.05) is 18.4 Å². The Kier molecular flexibility index (Phi) is 5.75. The second kappa shape index (κ2) is 7.09. The highest BCUT2D eigenvalue weighted by molar-refractivity contribution is 7.80. The highest BCUT2D eigenvalue weighted by atomic mass is 32.1. The molecule has 1 aromatic rings. The molecule has 0 aliphatic rings. The van der Waals surface area contributed by atoms with Gasteiger partial charge < -0.3 is 16.0 Å². The molecule has 0 atom stereocenters. The molecule has 1 amide bonds. The van der Waals surface area contributed by atoms with Crippen molar-refractivity contribution in [3.8, 4) is 0 Å². The van der Waals surface area contributed by atoms with Crippen LogP contribution in [-0.4, -0.2) is 24.1 Å². The molecule has 0 spiro atoms. The van der Waals surface area contributed by atoms with E-state index in [4.69, 9.17) is 12.2 Å². The van der Waals surface area contributed by atoms with Gasteiger partial charge in [-0.05, 0) is 30.4 Å². The molecule has 0 aromatic heterocycles. The van der Waals surface area contributed by atoms with Gasteiger partial charge in [0.05, 0.1) is 5.56 Å². The molecular formula is C12H14F3N3OS. The van der Waals surface area contributed by atoms with Crippen LogP contribution in [0.5, 0.6) is 0 Å². The maximum Gasteiger partial charge on any atom is 0.416 e. The van der Waals surface area contributed by atoms with Gasteiger partial charge in [0.2, 0.25) is 5.91 Å². The summed E-state index contributed by atoms with van der Waals surface area (Å²) < 4.78 is 37.5. The zero-order chi connectivity index (χ0) is 15.2. The van der Waals surface area contributed by atoms with Crippen LogP contribution in [-0.2, 0) is 11.0 Å². The van der Waals surface area contributed by atoms with E-state index in [0.29, 0.717) is 13.1 Å². The molecule has 4 nitrogen and oxygen atoms in total. The van der Waals surface area contributed by atoms with Crippen LogP contribution in [0.25, 0.3) is 0 Å². The Labute approximate surface area is 119 Å². The summed E-state index contributed by atoms with van der Waals surface area (Å²) in [4.78, 5) is 10.6. The van der Waals surface area contributed by atoms with Crippen molar-refractivity contribution in [1.82, 2.24) is 10.6 Å². The number of alkyl halides is 3. The van der Waals surface area contributed by atoms with Gasteiger partial charge in [0.1, 0.15) is 0 Å². The van der Waals surface area contributed by atoms with E-state index in [1.54, 1.807) is 0 Å². The van der Waals surface area contributed by atoms with Crippen LogP contribution < -0.4 is 16.0 Å². The number of anilines is 1. The summed E-state index contributed by atoms with van der Waals surface area (Å²) in [6, 6.07) is 4.74. The average molecular weight is 305 g/mol. The lowest BCUT2D eigenvalue weighted by Crippen LogP contribution is -2.35. The van der Waals surface area contributed by atoms with Crippen molar-refractivity contribution in [2.45, 2.75) is 13.1 Å². The molecule has 110 valence electrons. The van der Waals surface area contributed by atoms with Crippen molar-refractivity contribution < 1.29 is 18.0 Å². The van der Waals surface area contributed by atoms with Crippen LogP contribution >= 0.6 is 12.2 Å². The number of benzene rings is 1. The highest BCUT2D eigenvalue weighted by Gasteiger charge is 2.30. The van der Waals surface area contributed by atoms with E-state index in [1.165, 1.54) is 19.1 Å². The van der Waals surface area contributed by atoms with Gasteiger partial charge in [0, 0.05) is 25.7 Å². The lowest BCUT2D eigenvalue weighted by atomic mass is 10.2. The SMILES string of the molecule is CC(=O)NCCNC(=S)Nc1cccc(C(F)(F)F)c1. The summed E-state index contributed by atoms with van der Waals surface area (Å²) in [5, 5.41) is 8.16. The Morgan fingerprint density at radius 1 is 1.25 bits per heavy atom. The minimum Gasteiger partial charge on any atom is -0.361 e. The van der Waals surface area contributed by atoms with E-state index in [2.05, 4.69) is 16.0 Å². The Balaban J connectivity index is 2.48. The molecule has 0 saturated carbocycles. The van der Waals surface area contributed by atoms with Crippen LogP contribution in [0.15, 0.2) is 24.3 Å². The van der Waals surface area contributed by atoms with Crippen LogP contribution in [0.2, 0.25) is 0 Å². The topological polar surface area (TPSA) is 53.2 Å². The monoisotopic (exact) mass is 305 g/mol. The molecule has 0 aliphatic carbocycles. The fourth-order valence-electron chi connectivity index (χ4n) is 1.36. The normalized spacial score (nSPS) is 10.8. The molecule has 3 N–H and O–H groups in total. The van der Waals surface area contributed by atoms with Crippen molar-refractivity contribution in [3.05, 3.63) is 29.8 Å². The third-order valence-electron chi connectivity index (χ3n) is 2.23. The third kappa shape index (κ3) is 5.87. The number of halogens is 3. The van der Waals surface area contributed by atoms with E-state index in [1.807, 2.05) is 0 Å². The molecule has 1 aromatic carbocycles. The number of nitrogens with one attached hydrogen (secondary N) is 3. The standard InChI is InChI=1S/C12H14F3N3OS/c1-8(19)16-5-6-17-11(20)18-10-4-2-3-9(7-10)12(13,14)15/h2-4,7H,5-6H2,1H3,(H,16,19)(H2,17,18,20). The fourth-order valence-corrected chi connectivity index (χ4v) is 1.58. The first-order valence-electron chi connectivity index (χ1n) is 5.75. The number of hydrogen-bond acceptors (Lipinski definition) is 2. The summed E-state index contributed by atoms with van der Waals surface area (Å²) in [6.45, 7) is 2.14. The van der Waals surface area contributed by atoms with Gasteiger partial charge in [-0.15, -0.1) is 0 Å². The molecule has 0 saturated heterocycles. The number of carbonyl (C=O) groups is 1. The first-order valence-corrected chi connectivity index (χ1v) is 6.16. The molecule has 0 bridgehead atoms. The minimum absolute atomic E-state index is 0.163. The highest BCUT2D eigenvalue weighted by Crippen LogP contribution is 2.30. The van der Waals surface area contributed by atoms with Gasteiger partial charge in [0.25, 0.3) is 0 Å². The molecule has 0 radical (unpaired) electrons. The molecule has 0 unspecified atom stereocenters. The van der Waals surface area contributed by atoms with Crippen molar-refractivity contribution in [1.29, 1.82) is 0 Å². The lowest BCUT2D eigenvalue weighted by Gasteiger charge is -2.12. The minimum atomic E-state index is -4.39. The van der Waals surface area contributed by atoms with Gasteiger partial charge >= 0.3 is 6.18 Å². The second-order valence-corrected chi connectivity index (χ2v) is 4.35. The number of hydrogen-bond donors (Lipinski definition) is 3. The third-order valence-corrected chi connectivity index (χ3v) is 2.48. The molecule has 0 heterocycles. The zero-order valence-corrected chi connectivity index (χ0v) is 11.5. The summed E-state index contributed by atoms with van der Waals surface area (Å²) in [5.74, 6) is -0.163. The Morgan fingerprint density at radius 3 is 2.50 bits per heavy atom. The predicted octanol–water partition coefficient (Wildman–Crippen LogP) is 2.13. The number of thiocarbonyl (C=S) groups is 1. The molecule has 0 aliphatic heterocycles. The summed E-state index contributed by atoms with van der Waals surface area (Å²) in [7, 11) is 0. The summed E-state index contributed by atoms with van der Waals surface area (Å²) >= 11 is 4.94. The average Bonchev–Trinajstić information content (AvgIpc) is 2.34. The summed E-state index contributed by atoms with van der Waals surface area (Å²) in [5.41, 5.74) is -0.500. The van der Waals surface area contributed by atoms with E-state index < -0.39 is 11.7 Å². The molecule has 20 heavy (non-hydrogen) atoms. The second-order valence-electron chi connectivity index (χ2n) is 3.94. The van der Waals surface area contributed by atoms with Crippen LogP contribution in [0, 0.1) is 0 Å². The van der Waals surface area contributed by atoms with E-state index in [0.717, 1.165) is 12.1 Å². The van der Waals surface area contributed by atoms with Crippen LogP contribution in [0.3, 0.4) is 0 Å². The first-order chi connectivity index (χ1) is 9.29. The number of rotatable bonds is 4. The van der Waals surface area contributed by atoms with E-state index in [9.17, 15) is 18.0 Å². The van der Waals surface area contributed by atoms with Crippen LogP contribution in [0.1, 0.15) is 12.5 Å². The predicted molar refractivity (Wildman–Crippen MR) is 74.4 cm³/mol. The van der Waals surface area contributed by atoms with E-state index >= 15 is 0 Å². The molecule has 8 heteroatoms. The van der Waals surface area contributed by atoms with Gasteiger partial charge in [-0.2, -0.15) is 13.2 Å². The maximum atomic E-state index is 12.5.